The zero-order valence-corrected chi connectivity index (χ0v) is 9.70. The maximum atomic E-state index is 12.2. The summed E-state index contributed by atoms with van der Waals surface area (Å²) in [5.41, 5.74) is 2.44. The van der Waals surface area contributed by atoms with E-state index in [1.807, 2.05) is 10.6 Å². The van der Waals surface area contributed by atoms with Gasteiger partial charge >= 0.3 is 0 Å². The van der Waals surface area contributed by atoms with Crippen molar-refractivity contribution >= 4 is 0 Å². The number of hydrogen-bond acceptors (Lipinski definition) is 2. The van der Waals surface area contributed by atoms with Gasteiger partial charge in [0.2, 0.25) is 0 Å². The summed E-state index contributed by atoms with van der Waals surface area (Å²) >= 11 is 0. The standard InChI is InChI=1S/C13H18N2O/c1-2-10-3-4-12-11-5-9(6-14-7-11)8-15(12)13(10)16/h3-4,9,11,14H,2,5-8H2,1H3. The van der Waals surface area contributed by atoms with Crippen LogP contribution < -0.4 is 10.9 Å². The number of aromatic nitrogens is 1. The van der Waals surface area contributed by atoms with Gasteiger partial charge in [0.1, 0.15) is 0 Å². The molecule has 1 N–H and O–H groups in total. The third kappa shape index (κ3) is 1.42. The Morgan fingerprint density at radius 3 is 3.12 bits per heavy atom. The van der Waals surface area contributed by atoms with Gasteiger partial charge in [-0.15, -0.1) is 0 Å². The predicted octanol–water partition coefficient (Wildman–Crippen LogP) is 1.12. The van der Waals surface area contributed by atoms with Crippen LogP contribution in [0.25, 0.3) is 0 Å². The second-order valence-corrected chi connectivity index (χ2v) is 5.01. The van der Waals surface area contributed by atoms with E-state index in [2.05, 4.69) is 18.3 Å². The number of fused-ring (bicyclic) bond motifs is 4. The Balaban J connectivity index is 2.13. The van der Waals surface area contributed by atoms with Gasteiger partial charge in [0.15, 0.2) is 0 Å². The summed E-state index contributed by atoms with van der Waals surface area (Å²) < 4.78 is 2.03. The van der Waals surface area contributed by atoms with Gasteiger partial charge in [-0.25, -0.2) is 0 Å². The molecule has 2 bridgehead atoms. The summed E-state index contributed by atoms with van der Waals surface area (Å²) in [7, 11) is 0. The average molecular weight is 218 g/mol. The van der Waals surface area contributed by atoms with E-state index in [9.17, 15) is 4.79 Å². The van der Waals surface area contributed by atoms with Crippen LogP contribution in [0.5, 0.6) is 0 Å². The lowest BCUT2D eigenvalue weighted by atomic mass is 9.84. The van der Waals surface area contributed by atoms with Crippen LogP contribution in [-0.4, -0.2) is 17.7 Å². The van der Waals surface area contributed by atoms with Crippen LogP contribution in [0.1, 0.15) is 30.5 Å². The third-order valence-corrected chi connectivity index (χ3v) is 3.97. The van der Waals surface area contributed by atoms with Gasteiger partial charge in [-0.05, 0) is 31.4 Å². The molecule has 0 aromatic carbocycles. The van der Waals surface area contributed by atoms with Crippen LogP contribution in [0.3, 0.4) is 0 Å². The Hall–Kier alpha value is -1.09. The molecule has 0 spiro atoms. The Bertz CT molecular complexity index is 463. The number of piperidine rings is 1. The van der Waals surface area contributed by atoms with E-state index >= 15 is 0 Å². The van der Waals surface area contributed by atoms with Crippen LogP contribution in [0, 0.1) is 5.92 Å². The minimum Gasteiger partial charge on any atom is -0.316 e. The summed E-state index contributed by atoms with van der Waals surface area (Å²) in [6.07, 6.45) is 2.09. The summed E-state index contributed by atoms with van der Waals surface area (Å²) in [5.74, 6) is 1.20. The zero-order chi connectivity index (χ0) is 11.1. The average Bonchev–Trinajstić information content (AvgIpc) is 2.31. The molecular weight excluding hydrogens is 200 g/mol. The van der Waals surface area contributed by atoms with Gasteiger partial charge in [-0.2, -0.15) is 0 Å². The molecule has 1 fully saturated rings. The fourth-order valence-corrected chi connectivity index (χ4v) is 3.11. The second kappa shape index (κ2) is 3.74. The maximum absolute atomic E-state index is 12.2. The normalized spacial score (nSPS) is 27.6. The molecule has 3 rings (SSSR count). The molecule has 2 aliphatic heterocycles. The summed E-state index contributed by atoms with van der Waals surface area (Å²) in [5, 5.41) is 3.46. The van der Waals surface area contributed by atoms with Crippen molar-refractivity contribution in [2.24, 2.45) is 5.92 Å². The van der Waals surface area contributed by atoms with E-state index < -0.39 is 0 Å². The summed E-state index contributed by atoms with van der Waals surface area (Å²) in [6, 6.07) is 4.18. The molecule has 2 atom stereocenters. The molecule has 3 nitrogen and oxygen atoms in total. The summed E-state index contributed by atoms with van der Waals surface area (Å²) in [6.45, 7) is 5.06. The lowest BCUT2D eigenvalue weighted by Crippen LogP contribution is -2.45. The monoisotopic (exact) mass is 218 g/mol. The molecule has 1 aromatic heterocycles. The van der Waals surface area contributed by atoms with Crippen molar-refractivity contribution in [3.05, 3.63) is 33.7 Å². The highest BCUT2D eigenvalue weighted by molar-refractivity contribution is 5.22. The van der Waals surface area contributed by atoms with E-state index in [0.717, 1.165) is 31.6 Å². The number of aryl methyl sites for hydroxylation is 1. The van der Waals surface area contributed by atoms with E-state index in [1.54, 1.807) is 0 Å². The highest BCUT2D eigenvalue weighted by Gasteiger charge is 2.30. The first-order valence-electron chi connectivity index (χ1n) is 6.23. The van der Waals surface area contributed by atoms with Gasteiger partial charge in [-0.3, -0.25) is 4.79 Å². The molecular formula is C13H18N2O. The van der Waals surface area contributed by atoms with Crippen molar-refractivity contribution in [1.82, 2.24) is 9.88 Å². The van der Waals surface area contributed by atoms with E-state index in [-0.39, 0.29) is 5.56 Å². The molecule has 1 aromatic rings. The van der Waals surface area contributed by atoms with E-state index in [4.69, 9.17) is 0 Å². The number of hydrogen-bond donors (Lipinski definition) is 1. The Morgan fingerprint density at radius 2 is 2.31 bits per heavy atom. The van der Waals surface area contributed by atoms with Crippen LogP contribution >= 0.6 is 0 Å². The number of pyridine rings is 1. The molecule has 1 saturated heterocycles. The first-order chi connectivity index (χ1) is 7.79. The number of nitrogens with one attached hydrogen (secondary N) is 1. The van der Waals surface area contributed by atoms with Gasteiger partial charge in [-0.1, -0.05) is 13.0 Å². The topological polar surface area (TPSA) is 34.0 Å². The van der Waals surface area contributed by atoms with Crippen LogP contribution in [-0.2, 0) is 13.0 Å². The minimum atomic E-state index is 0.247. The highest BCUT2D eigenvalue weighted by atomic mass is 16.1. The zero-order valence-electron chi connectivity index (χ0n) is 9.70. The summed E-state index contributed by atoms with van der Waals surface area (Å²) in [4.78, 5) is 12.2. The SMILES string of the molecule is CCc1ccc2n(c1=O)CC1CNCC2C1. The van der Waals surface area contributed by atoms with Crippen molar-refractivity contribution in [2.45, 2.75) is 32.2 Å². The maximum Gasteiger partial charge on any atom is 0.253 e. The van der Waals surface area contributed by atoms with Crippen molar-refractivity contribution < 1.29 is 0 Å². The van der Waals surface area contributed by atoms with Gasteiger partial charge in [0.25, 0.3) is 5.56 Å². The molecule has 0 amide bonds. The molecule has 0 saturated carbocycles. The minimum absolute atomic E-state index is 0.247. The van der Waals surface area contributed by atoms with Crippen LogP contribution in [0.2, 0.25) is 0 Å². The molecule has 3 heterocycles. The van der Waals surface area contributed by atoms with Crippen molar-refractivity contribution in [3.63, 3.8) is 0 Å². The Labute approximate surface area is 95.5 Å². The van der Waals surface area contributed by atoms with Crippen molar-refractivity contribution in [1.29, 1.82) is 0 Å². The van der Waals surface area contributed by atoms with Crippen molar-refractivity contribution in [3.8, 4) is 0 Å². The Kier molecular flexibility index (Phi) is 2.36. The second-order valence-electron chi connectivity index (χ2n) is 5.01. The number of rotatable bonds is 1. The van der Waals surface area contributed by atoms with Gasteiger partial charge in [0.05, 0.1) is 0 Å². The highest BCUT2D eigenvalue weighted by Crippen LogP contribution is 2.31. The molecule has 0 radical (unpaired) electrons. The molecule has 2 unspecified atom stereocenters. The fraction of sp³-hybridized carbons (Fsp3) is 0.615. The first kappa shape index (κ1) is 10.1. The lowest BCUT2D eigenvalue weighted by Gasteiger charge is -2.37. The molecule has 86 valence electrons. The number of nitrogens with zero attached hydrogens (tertiary/aromatic N) is 1. The fourth-order valence-electron chi connectivity index (χ4n) is 3.11. The van der Waals surface area contributed by atoms with Gasteiger partial charge < -0.3 is 9.88 Å². The third-order valence-electron chi connectivity index (χ3n) is 3.97. The van der Waals surface area contributed by atoms with Crippen LogP contribution in [0.15, 0.2) is 16.9 Å². The quantitative estimate of drug-likeness (QED) is 0.766. The smallest absolute Gasteiger partial charge is 0.253 e. The first-order valence-corrected chi connectivity index (χ1v) is 6.23. The Morgan fingerprint density at radius 1 is 1.44 bits per heavy atom. The molecule has 16 heavy (non-hydrogen) atoms. The van der Waals surface area contributed by atoms with Gasteiger partial charge in [0, 0.05) is 30.3 Å². The lowest BCUT2D eigenvalue weighted by molar-refractivity contribution is 0.256. The predicted molar refractivity (Wildman–Crippen MR) is 63.8 cm³/mol. The van der Waals surface area contributed by atoms with E-state index in [1.165, 1.54) is 12.1 Å². The molecule has 2 aliphatic rings. The molecule has 0 aliphatic carbocycles. The van der Waals surface area contributed by atoms with Crippen LogP contribution in [0.4, 0.5) is 0 Å². The van der Waals surface area contributed by atoms with Crippen molar-refractivity contribution in [2.75, 3.05) is 13.1 Å². The molecule has 3 heteroatoms. The van der Waals surface area contributed by atoms with E-state index in [0.29, 0.717) is 11.8 Å². The largest absolute Gasteiger partial charge is 0.316 e.